The Balaban J connectivity index is 1.57. The summed E-state index contributed by atoms with van der Waals surface area (Å²) in [5.41, 5.74) is -1.14. The van der Waals surface area contributed by atoms with Crippen molar-refractivity contribution < 1.29 is 46.6 Å². The molecule has 0 bridgehead atoms. The van der Waals surface area contributed by atoms with Crippen molar-refractivity contribution in [2.24, 2.45) is 17.8 Å². The van der Waals surface area contributed by atoms with Gasteiger partial charge in [-0.3, -0.25) is 19.4 Å². The average Bonchev–Trinajstić information content (AvgIpc) is 3.11. The van der Waals surface area contributed by atoms with Gasteiger partial charge in [-0.25, -0.2) is 18.0 Å². The number of esters is 1. The maximum Gasteiger partial charge on any atom is 0.410 e. The van der Waals surface area contributed by atoms with E-state index in [0.717, 1.165) is 44.7 Å². The smallest absolute Gasteiger partial charge is 0.410 e. The van der Waals surface area contributed by atoms with Crippen LogP contribution in [0.1, 0.15) is 99.8 Å². The highest BCUT2D eigenvalue weighted by atomic mass is 32.2. The largest absolute Gasteiger partial charge is 0.465 e. The number of amides is 4. The van der Waals surface area contributed by atoms with E-state index in [4.69, 9.17) is 14.2 Å². The van der Waals surface area contributed by atoms with Crippen LogP contribution in [0, 0.1) is 17.8 Å². The van der Waals surface area contributed by atoms with Crippen LogP contribution in [0.5, 0.6) is 0 Å². The fraction of sp³-hybridized carbons (Fsp3) is 0.737. The van der Waals surface area contributed by atoms with E-state index in [9.17, 15) is 32.4 Å². The van der Waals surface area contributed by atoms with Crippen LogP contribution in [0.4, 0.5) is 9.59 Å². The molecule has 16 nitrogen and oxygen atoms in total. The second-order valence-corrected chi connectivity index (χ2v) is 18.0. The predicted molar refractivity (Wildman–Crippen MR) is 204 cm³/mol. The fourth-order valence-corrected chi connectivity index (χ4v) is 7.66. The Morgan fingerprint density at radius 3 is 1.78 bits per heavy atom. The van der Waals surface area contributed by atoms with Gasteiger partial charge in [0.25, 0.3) is 0 Å². The van der Waals surface area contributed by atoms with Gasteiger partial charge in [-0.15, -0.1) is 0 Å². The van der Waals surface area contributed by atoms with E-state index < -0.39 is 45.7 Å². The Hall–Kier alpha value is -3.99. The molecule has 0 unspecified atom stereocenters. The maximum atomic E-state index is 13.6. The number of rotatable bonds is 16. The van der Waals surface area contributed by atoms with E-state index in [-0.39, 0.29) is 42.1 Å². The van der Waals surface area contributed by atoms with Crippen LogP contribution in [0.15, 0.2) is 29.4 Å². The van der Waals surface area contributed by atoms with Gasteiger partial charge in [-0.2, -0.15) is 4.72 Å². The van der Waals surface area contributed by atoms with Gasteiger partial charge in [0.1, 0.15) is 22.1 Å². The molecule has 55 heavy (non-hydrogen) atoms. The van der Waals surface area contributed by atoms with Crippen molar-refractivity contribution in [3.05, 3.63) is 24.5 Å². The number of pyridine rings is 1. The predicted octanol–water partition coefficient (Wildman–Crippen LogP) is 3.99. The number of hydrogen-bond acceptors (Lipinski definition) is 11. The van der Waals surface area contributed by atoms with Crippen LogP contribution < -0.4 is 15.4 Å². The summed E-state index contributed by atoms with van der Waals surface area (Å²) in [5, 5.41) is 5.28. The summed E-state index contributed by atoms with van der Waals surface area (Å²) in [5.74, 6) is -1.47. The summed E-state index contributed by atoms with van der Waals surface area (Å²) in [6, 6.07) is 1.35. The molecule has 1 aromatic rings. The SMILES string of the molecule is CCOC(=O)[C@H](CNC(=O)CNC(=O)C(CCC1CCN(C(=O)OC(C)(C)C)CC1)CCC1CCN(C(=O)OC(C)(C)C)CC1)NS(=O)(=O)c1cccnc1. The number of ether oxygens (including phenoxy) is 3. The highest BCUT2D eigenvalue weighted by molar-refractivity contribution is 7.89. The molecule has 3 N–H and O–H groups in total. The van der Waals surface area contributed by atoms with E-state index in [1.807, 2.05) is 41.5 Å². The van der Waals surface area contributed by atoms with Crippen LogP contribution in [0.2, 0.25) is 0 Å². The van der Waals surface area contributed by atoms with Crippen LogP contribution in [0.25, 0.3) is 0 Å². The Morgan fingerprint density at radius 2 is 1.35 bits per heavy atom. The van der Waals surface area contributed by atoms with Crippen LogP contribution >= 0.6 is 0 Å². The standard InChI is InChI=1S/C38H62N6O10S/c1-8-52-34(47)31(42-55(50,51)30-10-9-19-39-24-30)25-40-32(45)26-41-33(46)29(13-11-27-15-20-43(21-16-27)35(48)53-37(2,3)4)14-12-28-17-22-44(23-18-28)36(49)54-38(5,6)7/h9-10,19,24,27-29,31,42H,8,11-18,20-23,25-26H2,1-7H3,(H,40,45)(H,41,46)/t31-/m0/s1. The molecule has 1 atom stereocenters. The van der Waals surface area contributed by atoms with Gasteiger partial charge < -0.3 is 34.6 Å². The fourth-order valence-electron chi connectivity index (χ4n) is 6.51. The molecule has 0 aromatic carbocycles. The van der Waals surface area contributed by atoms with E-state index in [1.165, 1.54) is 18.3 Å². The Kier molecular flexibility index (Phi) is 17.2. The zero-order valence-electron chi connectivity index (χ0n) is 33.6. The lowest BCUT2D eigenvalue weighted by Gasteiger charge is -2.34. The Bertz CT molecular complexity index is 1480. The van der Waals surface area contributed by atoms with Crippen molar-refractivity contribution in [1.82, 2.24) is 30.1 Å². The molecule has 2 saturated heterocycles. The van der Waals surface area contributed by atoms with Gasteiger partial charge in [-0.1, -0.05) is 0 Å². The summed E-state index contributed by atoms with van der Waals surface area (Å²) >= 11 is 0. The lowest BCUT2D eigenvalue weighted by Crippen LogP contribution is -2.50. The zero-order chi connectivity index (χ0) is 40.8. The van der Waals surface area contributed by atoms with Crippen molar-refractivity contribution in [1.29, 1.82) is 0 Å². The van der Waals surface area contributed by atoms with E-state index in [1.54, 1.807) is 16.7 Å². The number of nitrogens with one attached hydrogen (secondary N) is 3. The molecule has 1 aromatic heterocycles. The molecule has 2 fully saturated rings. The lowest BCUT2D eigenvalue weighted by atomic mass is 9.84. The molecule has 0 aliphatic carbocycles. The Morgan fingerprint density at radius 1 is 0.836 bits per heavy atom. The number of hydrogen-bond donors (Lipinski definition) is 3. The highest BCUT2D eigenvalue weighted by Gasteiger charge is 2.31. The average molecular weight is 795 g/mol. The summed E-state index contributed by atoms with van der Waals surface area (Å²) in [6.45, 7) is 14.2. The van der Waals surface area contributed by atoms with E-state index in [0.29, 0.717) is 50.9 Å². The second-order valence-electron chi connectivity index (χ2n) is 16.3. The molecule has 0 saturated carbocycles. The van der Waals surface area contributed by atoms with Gasteiger partial charge in [0, 0.05) is 51.0 Å². The van der Waals surface area contributed by atoms with E-state index in [2.05, 4.69) is 20.3 Å². The third kappa shape index (κ3) is 16.3. The summed E-state index contributed by atoms with van der Waals surface area (Å²) in [4.78, 5) is 71.3. The molecule has 310 valence electrons. The number of carbonyl (C=O) groups excluding carboxylic acids is 5. The minimum atomic E-state index is -4.15. The van der Waals surface area contributed by atoms with Crippen molar-refractivity contribution in [3.63, 3.8) is 0 Å². The first-order valence-electron chi connectivity index (χ1n) is 19.4. The molecule has 17 heteroatoms. The number of nitrogens with zero attached hydrogens (tertiary/aromatic N) is 3. The van der Waals surface area contributed by atoms with E-state index >= 15 is 0 Å². The lowest BCUT2D eigenvalue weighted by molar-refractivity contribution is -0.145. The molecular weight excluding hydrogens is 733 g/mol. The molecule has 3 heterocycles. The van der Waals surface area contributed by atoms with Crippen molar-refractivity contribution in [2.45, 2.75) is 122 Å². The van der Waals surface area contributed by atoms with Gasteiger partial charge in [0.15, 0.2) is 0 Å². The van der Waals surface area contributed by atoms with Crippen LogP contribution in [-0.2, 0) is 38.6 Å². The molecule has 0 spiro atoms. The molecule has 4 amide bonds. The molecule has 0 radical (unpaired) electrons. The second kappa shape index (κ2) is 20.8. The number of piperidine rings is 2. The normalized spacial score (nSPS) is 16.7. The van der Waals surface area contributed by atoms with Gasteiger partial charge in [-0.05, 0) is 124 Å². The first-order chi connectivity index (χ1) is 25.8. The van der Waals surface area contributed by atoms with Crippen molar-refractivity contribution in [2.75, 3.05) is 45.9 Å². The molecule has 3 rings (SSSR count). The van der Waals surface area contributed by atoms with Gasteiger partial charge >= 0.3 is 18.2 Å². The summed E-state index contributed by atoms with van der Waals surface area (Å²) < 4.78 is 44.1. The van der Waals surface area contributed by atoms with Crippen molar-refractivity contribution in [3.8, 4) is 0 Å². The van der Waals surface area contributed by atoms with Crippen LogP contribution in [0.3, 0.4) is 0 Å². The molecule has 2 aliphatic heterocycles. The summed E-state index contributed by atoms with van der Waals surface area (Å²) in [6.07, 6.45) is 7.85. The molecule has 2 aliphatic rings. The number of carbonyl (C=O) groups is 5. The first-order valence-corrected chi connectivity index (χ1v) is 20.8. The van der Waals surface area contributed by atoms with Gasteiger partial charge in [0.2, 0.25) is 21.8 Å². The topological polar surface area (TPSA) is 203 Å². The minimum Gasteiger partial charge on any atom is -0.465 e. The van der Waals surface area contributed by atoms with Gasteiger partial charge in [0.05, 0.1) is 13.2 Å². The first kappa shape index (κ1) is 45.4. The maximum absolute atomic E-state index is 13.6. The number of sulfonamides is 1. The number of aromatic nitrogens is 1. The number of likely N-dealkylation sites (tertiary alicyclic amines) is 2. The van der Waals surface area contributed by atoms with Crippen molar-refractivity contribution >= 4 is 40.0 Å². The Labute approximate surface area is 326 Å². The third-order valence-corrected chi connectivity index (χ3v) is 10.9. The highest BCUT2D eigenvalue weighted by Crippen LogP contribution is 2.30. The third-order valence-electron chi connectivity index (χ3n) is 9.49. The quantitative estimate of drug-likeness (QED) is 0.161. The molecular formula is C38H62N6O10S. The monoisotopic (exact) mass is 794 g/mol. The summed E-state index contributed by atoms with van der Waals surface area (Å²) in [7, 11) is -4.15. The van der Waals surface area contributed by atoms with Crippen LogP contribution in [-0.4, -0.2) is 116 Å². The zero-order valence-corrected chi connectivity index (χ0v) is 34.4. The minimum absolute atomic E-state index is 0.00105.